The van der Waals surface area contributed by atoms with E-state index in [4.69, 9.17) is 10.2 Å². The summed E-state index contributed by atoms with van der Waals surface area (Å²) in [6.07, 6.45) is -9.43. The highest BCUT2D eigenvalue weighted by Gasteiger charge is 2.58. The summed E-state index contributed by atoms with van der Waals surface area (Å²) in [5.74, 6) is -2.30. The van der Waals surface area contributed by atoms with Gasteiger partial charge in [-0.05, 0) is 25.3 Å². The fourth-order valence-corrected chi connectivity index (χ4v) is 2.97. The van der Waals surface area contributed by atoms with Crippen LogP contribution < -0.4 is 11.1 Å². The fraction of sp³-hybridized carbons (Fsp3) is 0.562. The summed E-state index contributed by atoms with van der Waals surface area (Å²) < 4.78 is 85.3. The number of hydrogen-bond acceptors (Lipinski definition) is 7. The molecule has 0 aliphatic carbocycles. The second kappa shape index (κ2) is 7.35. The largest absolute Gasteiger partial charge is 0.426 e. The summed E-state index contributed by atoms with van der Waals surface area (Å²) in [7, 11) is 0. The van der Waals surface area contributed by atoms with Crippen molar-refractivity contribution < 1.29 is 35.9 Å². The van der Waals surface area contributed by atoms with E-state index in [1.165, 1.54) is 0 Å². The van der Waals surface area contributed by atoms with Crippen LogP contribution in [0.2, 0.25) is 0 Å². The first kappa shape index (κ1) is 21.1. The topological polar surface area (TPSA) is 110 Å². The van der Waals surface area contributed by atoms with Gasteiger partial charge < -0.3 is 20.6 Å². The lowest BCUT2D eigenvalue weighted by molar-refractivity contribution is -0.277. The number of hydrogen-bond donors (Lipinski definition) is 3. The highest BCUT2D eigenvalue weighted by atomic mass is 19.4. The summed E-state index contributed by atoms with van der Waals surface area (Å²) in [6, 6.07) is 0.594. The van der Waals surface area contributed by atoms with Crippen LogP contribution in [-0.4, -0.2) is 33.0 Å². The van der Waals surface area contributed by atoms with Crippen LogP contribution in [0.4, 0.5) is 37.8 Å². The first-order valence-corrected chi connectivity index (χ1v) is 8.68. The summed E-state index contributed by atoms with van der Waals surface area (Å²) >= 11 is 0. The maximum Gasteiger partial charge on any atom is 0.426 e. The molecule has 1 aliphatic rings. The first-order valence-electron chi connectivity index (χ1n) is 8.68. The molecule has 2 aromatic heterocycles. The number of nitrogens with two attached hydrogens (primary N) is 1. The van der Waals surface area contributed by atoms with Gasteiger partial charge in [0, 0.05) is 6.54 Å². The summed E-state index contributed by atoms with van der Waals surface area (Å²) in [5.41, 5.74) is 0.177. The molecule has 3 heterocycles. The molecule has 4 bridgehead atoms. The molecule has 0 fully saturated rings. The Hall–Kier alpha value is -2.57. The van der Waals surface area contributed by atoms with Gasteiger partial charge in [0.2, 0.25) is 5.60 Å². The Labute approximate surface area is 160 Å². The van der Waals surface area contributed by atoms with Crippen molar-refractivity contribution in [3.05, 3.63) is 17.5 Å². The molecule has 0 saturated heterocycles. The number of nitrogen functional groups attached to an aromatic ring is 1. The van der Waals surface area contributed by atoms with Gasteiger partial charge in [0.1, 0.15) is 5.82 Å². The molecule has 1 atom stereocenters. The van der Waals surface area contributed by atoms with Gasteiger partial charge in [-0.2, -0.15) is 26.3 Å². The Balaban J connectivity index is 2.14. The van der Waals surface area contributed by atoms with Crippen molar-refractivity contribution in [1.29, 1.82) is 0 Å². The highest BCUT2D eigenvalue weighted by Crippen LogP contribution is 2.44. The Morgan fingerprint density at radius 1 is 1.07 bits per heavy atom. The van der Waals surface area contributed by atoms with E-state index in [2.05, 4.69) is 20.5 Å². The monoisotopic (exact) mass is 425 g/mol. The highest BCUT2D eigenvalue weighted by molar-refractivity contribution is 5.71. The molecular weight excluding hydrogens is 408 g/mol. The number of nitrogens with one attached hydrogen (secondary N) is 1. The number of pyridine rings is 1. The number of rotatable bonds is 0. The SMILES string of the molecule is Nc1cc(C(F)(F)F)c2nc1-c1nnc(o1)[C@@](O)(C(F)(F)F)CCCCCCN2. The number of halogens is 6. The van der Waals surface area contributed by atoms with Crippen molar-refractivity contribution in [1.82, 2.24) is 15.2 Å². The molecule has 3 rings (SSSR count). The van der Waals surface area contributed by atoms with Gasteiger partial charge in [0.05, 0.1) is 11.3 Å². The first-order chi connectivity index (χ1) is 13.4. The van der Waals surface area contributed by atoms with E-state index in [0.29, 0.717) is 25.3 Å². The maximum atomic E-state index is 13.5. The molecule has 0 radical (unpaired) electrons. The number of nitrogens with zero attached hydrogens (tertiary/aromatic N) is 3. The van der Waals surface area contributed by atoms with Gasteiger partial charge >= 0.3 is 12.4 Å². The summed E-state index contributed by atoms with van der Waals surface area (Å²) in [5, 5.41) is 19.5. The second-order valence-corrected chi connectivity index (χ2v) is 6.68. The Kier molecular flexibility index (Phi) is 5.36. The normalized spacial score (nSPS) is 21.3. The van der Waals surface area contributed by atoms with Gasteiger partial charge in [0.25, 0.3) is 11.8 Å². The predicted octanol–water partition coefficient (Wildman–Crippen LogP) is 3.86. The van der Waals surface area contributed by atoms with Crippen LogP contribution in [0.5, 0.6) is 0 Å². The number of aromatic nitrogens is 3. The van der Waals surface area contributed by atoms with Gasteiger partial charge in [-0.25, -0.2) is 4.98 Å². The van der Waals surface area contributed by atoms with Crippen molar-refractivity contribution in [2.45, 2.75) is 50.1 Å². The van der Waals surface area contributed by atoms with Crippen LogP contribution in [-0.2, 0) is 11.8 Å². The lowest BCUT2D eigenvalue weighted by Gasteiger charge is -2.27. The number of alkyl halides is 6. The van der Waals surface area contributed by atoms with E-state index in [9.17, 15) is 31.4 Å². The molecule has 13 heteroatoms. The standard InChI is InChI=1S/C16H17F6N5O2/c17-15(18,19)8-7-9(23)10-12-26-27-13(29-12)14(28,16(20,21)22)5-3-1-2-4-6-24-11(8)25-10/h7,28H,1-6,23H2,(H,24,25)/t14-/m1/s1. The van der Waals surface area contributed by atoms with E-state index in [0.717, 1.165) is 0 Å². The van der Waals surface area contributed by atoms with E-state index in [1.54, 1.807) is 0 Å². The van der Waals surface area contributed by atoms with Crippen LogP contribution in [0.25, 0.3) is 11.6 Å². The average molecular weight is 425 g/mol. The quantitative estimate of drug-likeness (QED) is 0.550. The van der Waals surface area contributed by atoms with E-state index in [-0.39, 0.29) is 13.0 Å². The van der Waals surface area contributed by atoms with Crippen molar-refractivity contribution in [2.75, 3.05) is 17.6 Å². The minimum absolute atomic E-state index is 0.00674. The summed E-state index contributed by atoms with van der Waals surface area (Å²) in [4.78, 5) is 3.77. The fourth-order valence-electron chi connectivity index (χ4n) is 2.97. The molecule has 1 aliphatic heterocycles. The number of aliphatic hydroxyl groups is 1. The molecule has 0 unspecified atom stereocenters. The van der Waals surface area contributed by atoms with Gasteiger partial charge in [-0.3, -0.25) is 0 Å². The Morgan fingerprint density at radius 2 is 1.76 bits per heavy atom. The zero-order valence-electron chi connectivity index (χ0n) is 14.9. The predicted molar refractivity (Wildman–Crippen MR) is 88.5 cm³/mol. The van der Waals surface area contributed by atoms with Gasteiger partial charge in [-0.15, -0.1) is 10.2 Å². The lowest BCUT2D eigenvalue weighted by Crippen LogP contribution is -2.42. The Morgan fingerprint density at radius 3 is 2.41 bits per heavy atom. The minimum Gasteiger partial charge on any atom is -0.416 e. The second-order valence-electron chi connectivity index (χ2n) is 6.68. The van der Waals surface area contributed by atoms with Crippen molar-refractivity contribution >= 4 is 11.5 Å². The molecule has 0 amide bonds. The third kappa shape index (κ3) is 4.09. The average Bonchev–Trinajstić information content (AvgIpc) is 3.09. The molecule has 0 spiro atoms. The molecule has 4 N–H and O–H groups in total. The Bertz CT molecular complexity index is 882. The third-order valence-electron chi connectivity index (χ3n) is 4.57. The lowest BCUT2D eigenvalue weighted by atomic mass is 9.95. The molecule has 160 valence electrons. The smallest absolute Gasteiger partial charge is 0.416 e. The van der Waals surface area contributed by atoms with Crippen molar-refractivity contribution in [2.24, 2.45) is 0 Å². The molecule has 7 nitrogen and oxygen atoms in total. The van der Waals surface area contributed by atoms with Crippen LogP contribution >= 0.6 is 0 Å². The van der Waals surface area contributed by atoms with Crippen LogP contribution in [0, 0.1) is 0 Å². The molecule has 29 heavy (non-hydrogen) atoms. The van der Waals surface area contributed by atoms with Gasteiger partial charge in [0.15, 0.2) is 5.69 Å². The molecule has 0 aromatic carbocycles. The summed E-state index contributed by atoms with van der Waals surface area (Å²) in [6.45, 7) is 0.109. The molecular formula is C16H17F6N5O2. The third-order valence-corrected chi connectivity index (χ3v) is 4.57. The zero-order chi connectivity index (χ0) is 21.4. The molecule has 0 saturated carbocycles. The van der Waals surface area contributed by atoms with Crippen LogP contribution in [0.3, 0.4) is 0 Å². The van der Waals surface area contributed by atoms with E-state index < -0.39 is 58.9 Å². The maximum absolute atomic E-state index is 13.5. The zero-order valence-corrected chi connectivity index (χ0v) is 14.9. The van der Waals surface area contributed by atoms with Crippen molar-refractivity contribution in [3.63, 3.8) is 0 Å². The van der Waals surface area contributed by atoms with Crippen LogP contribution in [0.1, 0.15) is 43.6 Å². The van der Waals surface area contributed by atoms with Crippen molar-refractivity contribution in [3.8, 4) is 11.6 Å². The van der Waals surface area contributed by atoms with Crippen LogP contribution in [0.15, 0.2) is 10.5 Å². The van der Waals surface area contributed by atoms with E-state index >= 15 is 0 Å². The molecule has 2 aromatic rings. The number of anilines is 2. The van der Waals surface area contributed by atoms with E-state index in [1.807, 2.05) is 0 Å². The minimum atomic E-state index is -5.10. The number of fused-ring (bicyclic) bond motifs is 5. The van der Waals surface area contributed by atoms with Gasteiger partial charge in [-0.1, -0.05) is 12.8 Å².